The SMILES string of the molecule is COC(OC)C(C)NC(=O)C1(N)CCCC1. The second-order valence-corrected chi connectivity index (χ2v) is 4.47. The van der Waals surface area contributed by atoms with Crippen molar-refractivity contribution in [3.8, 4) is 0 Å². The second kappa shape index (κ2) is 5.61. The van der Waals surface area contributed by atoms with Gasteiger partial charge in [-0.15, -0.1) is 0 Å². The van der Waals surface area contributed by atoms with E-state index in [9.17, 15) is 4.79 Å². The Morgan fingerprint density at radius 3 is 2.25 bits per heavy atom. The number of carbonyl (C=O) groups is 1. The summed E-state index contributed by atoms with van der Waals surface area (Å²) in [7, 11) is 3.09. The standard InChI is InChI=1S/C11H22N2O3/c1-8(9(15-2)16-3)13-10(14)11(12)6-4-5-7-11/h8-9H,4-7,12H2,1-3H3,(H,13,14). The highest BCUT2D eigenvalue weighted by Gasteiger charge is 2.38. The van der Waals surface area contributed by atoms with Crippen LogP contribution < -0.4 is 11.1 Å². The lowest BCUT2D eigenvalue weighted by Crippen LogP contribution is -2.56. The molecule has 0 bridgehead atoms. The van der Waals surface area contributed by atoms with Gasteiger partial charge in [-0.1, -0.05) is 12.8 Å². The van der Waals surface area contributed by atoms with Crippen LogP contribution in [-0.4, -0.2) is 38.0 Å². The Bertz CT molecular complexity index is 235. The molecule has 1 rings (SSSR count). The van der Waals surface area contributed by atoms with E-state index in [1.807, 2.05) is 6.92 Å². The highest BCUT2D eigenvalue weighted by atomic mass is 16.7. The fraction of sp³-hybridized carbons (Fsp3) is 0.909. The van der Waals surface area contributed by atoms with Crippen LogP contribution in [0.1, 0.15) is 32.6 Å². The van der Waals surface area contributed by atoms with Gasteiger partial charge in [-0.2, -0.15) is 0 Å². The summed E-state index contributed by atoms with van der Waals surface area (Å²) in [4.78, 5) is 12.0. The fourth-order valence-corrected chi connectivity index (χ4v) is 2.16. The smallest absolute Gasteiger partial charge is 0.240 e. The first-order chi connectivity index (χ1) is 7.53. The Hall–Kier alpha value is -0.650. The molecule has 1 saturated carbocycles. The first-order valence-electron chi connectivity index (χ1n) is 5.69. The van der Waals surface area contributed by atoms with Gasteiger partial charge in [0.2, 0.25) is 5.91 Å². The molecular formula is C11H22N2O3. The van der Waals surface area contributed by atoms with E-state index in [4.69, 9.17) is 15.2 Å². The number of methoxy groups -OCH3 is 2. The van der Waals surface area contributed by atoms with Gasteiger partial charge in [0.1, 0.15) is 0 Å². The molecule has 94 valence electrons. The van der Waals surface area contributed by atoms with E-state index in [2.05, 4.69) is 5.32 Å². The predicted molar refractivity (Wildman–Crippen MR) is 60.8 cm³/mol. The average molecular weight is 230 g/mol. The average Bonchev–Trinajstić information content (AvgIpc) is 2.68. The molecule has 0 radical (unpaired) electrons. The van der Waals surface area contributed by atoms with E-state index in [-0.39, 0.29) is 11.9 Å². The Morgan fingerprint density at radius 2 is 1.81 bits per heavy atom. The first-order valence-corrected chi connectivity index (χ1v) is 5.69. The molecule has 1 amide bonds. The molecule has 5 nitrogen and oxygen atoms in total. The summed E-state index contributed by atoms with van der Waals surface area (Å²) >= 11 is 0. The van der Waals surface area contributed by atoms with Gasteiger partial charge in [0.05, 0.1) is 11.6 Å². The number of nitrogens with two attached hydrogens (primary N) is 1. The third-order valence-corrected chi connectivity index (χ3v) is 3.18. The molecule has 0 heterocycles. The summed E-state index contributed by atoms with van der Waals surface area (Å²) in [6, 6.07) is -0.205. The van der Waals surface area contributed by atoms with Crippen LogP contribution in [0.25, 0.3) is 0 Å². The number of ether oxygens (including phenoxy) is 2. The van der Waals surface area contributed by atoms with Crippen LogP contribution in [0.2, 0.25) is 0 Å². The van der Waals surface area contributed by atoms with Gasteiger partial charge in [0.15, 0.2) is 6.29 Å². The van der Waals surface area contributed by atoms with E-state index in [1.54, 1.807) is 14.2 Å². The zero-order valence-electron chi connectivity index (χ0n) is 10.3. The summed E-state index contributed by atoms with van der Waals surface area (Å²) < 4.78 is 10.2. The molecule has 0 aliphatic heterocycles. The third kappa shape index (κ3) is 2.93. The lowest BCUT2D eigenvalue weighted by molar-refractivity contribution is -0.139. The number of hydrogen-bond acceptors (Lipinski definition) is 4. The molecule has 0 aromatic heterocycles. The Morgan fingerprint density at radius 1 is 1.31 bits per heavy atom. The van der Waals surface area contributed by atoms with E-state index in [1.165, 1.54) is 0 Å². The summed E-state index contributed by atoms with van der Waals surface area (Å²) in [5, 5.41) is 2.85. The van der Waals surface area contributed by atoms with Crippen LogP contribution in [0.3, 0.4) is 0 Å². The largest absolute Gasteiger partial charge is 0.354 e. The van der Waals surface area contributed by atoms with Crippen molar-refractivity contribution in [2.75, 3.05) is 14.2 Å². The van der Waals surface area contributed by atoms with Crippen molar-refractivity contribution in [3.63, 3.8) is 0 Å². The third-order valence-electron chi connectivity index (χ3n) is 3.18. The van der Waals surface area contributed by atoms with Gasteiger partial charge in [-0.3, -0.25) is 4.79 Å². The fourth-order valence-electron chi connectivity index (χ4n) is 2.16. The van der Waals surface area contributed by atoms with Crippen molar-refractivity contribution in [2.24, 2.45) is 5.73 Å². The molecule has 1 aliphatic rings. The van der Waals surface area contributed by atoms with Crippen molar-refractivity contribution >= 4 is 5.91 Å². The maximum Gasteiger partial charge on any atom is 0.240 e. The molecule has 1 unspecified atom stereocenters. The van der Waals surface area contributed by atoms with Gasteiger partial charge in [0, 0.05) is 14.2 Å². The molecule has 0 aromatic rings. The summed E-state index contributed by atoms with van der Waals surface area (Å²) in [5.74, 6) is -0.100. The van der Waals surface area contributed by atoms with Crippen molar-refractivity contribution in [1.29, 1.82) is 0 Å². The Kier molecular flexibility index (Phi) is 4.70. The number of carbonyl (C=O) groups excluding carboxylic acids is 1. The first kappa shape index (κ1) is 13.4. The lowest BCUT2D eigenvalue weighted by atomic mass is 9.98. The van der Waals surface area contributed by atoms with Crippen molar-refractivity contribution in [2.45, 2.75) is 50.5 Å². The van der Waals surface area contributed by atoms with Crippen LogP contribution >= 0.6 is 0 Å². The van der Waals surface area contributed by atoms with Crippen molar-refractivity contribution in [3.05, 3.63) is 0 Å². The van der Waals surface area contributed by atoms with Gasteiger partial charge < -0.3 is 20.5 Å². The molecule has 0 spiro atoms. The van der Waals surface area contributed by atoms with Crippen LogP contribution in [0.5, 0.6) is 0 Å². The monoisotopic (exact) mass is 230 g/mol. The minimum absolute atomic E-state index is 0.100. The summed E-state index contributed by atoms with van der Waals surface area (Å²) in [6.07, 6.45) is 3.13. The summed E-state index contributed by atoms with van der Waals surface area (Å²) in [5.41, 5.74) is 5.35. The minimum Gasteiger partial charge on any atom is -0.354 e. The van der Waals surface area contributed by atoms with Crippen LogP contribution in [-0.2, 0) is 14.3 Å². The van der Waals surface area contributed by atoms with E-state index < -0.39 is 11.8 Å². The molecule has 5 heteroatoms. The summed E-state index contributed by atoms with van der Waals surface area (Å²) in [6.45, 7) is 1.84. The molecule has 0 saturated heterocycles. The van der Waals surface area contributed by atoms with Crippen molar-refractivity contribution in [1.82, 2.24) is 5.32 Å². The van der Waals surface area contributed by atoms with Gasteiger partial charge in [-0.25, -0.2) is 0 Å². The zero-order chi connectivity index (χ0) is 12.2. The maximum absolute atomic E-state index is 12.0. The minimum atomic E-state index is -0.694. The predicted octanol–water partition coefficient (Wildman–Crippen LogP) is 0.382. The van der Waals surface area contributed by atoms with Crippen molar-refractivity contribution < 1.29 is 14.3 Å². The second-order valence-electron chi connectivity index (χ2n) is 4.47. The number of nitrogens with one attached hydrogen (secondary N) is 1. The molecular weight excluding hydrogens is 208 g/mol. The molecule has 1 atom stereocenters. The van der Waals surface area contributed by atoms with E-state index >= 15 is 0 Å². The van der Waals surface area contributed by atoms with Crippen LogP contribution in [0, 0.1) is 0 Å². The molecule has 0 aromatic carbocycles. The Labute approximate surface area is 96.7 Å². The van der Waals surface area contributed by atoms with Gasteiger partial charge in [0.25, 0.3) is 0 Å². The van der Waals surface area contributed by atoms with Gasteiger partial charge >= 0.3 is 0 Å². The van der Waals surface area contributed by atoms with E-state index in [0.29, 0.717) is 0 Å². The maximum atomic E-state index is 12.0. The van der Waals surface area contributed by atoms with Crippen LogP contribution in [0.15, 0.2) is 0 Å². The molecule has 16 heavy (non-hydrogen) atoms. The highest BCUT2D eigenvalue weighted by molar-refractivity contribution is 5.86. The normalized spacial score (nSPS) is 21.1. The van der Waals surface area contributed by atoms with Crippen LogP contribution in [0.4, 0.5) is 0 Å². The molecule has 1 aliphatic carbocycles. The highest BCUT2D eigenvalue weighted by Crippen LogP contribution is 2.27. The lowest BCUT2D eigenvalue weighted by Gasteiger charge is -2.28. The Balaban J connectivity index is 2.50. The zero-order valence-corrected chi connectivity index (χ0v) is 10.3. The number of amides is 1. The topological polar surface area (TPSA) is 73.6 Å². The number of hydrogen-bond donors (Lipinski definition) is 2. The van der Waals surface area contributed by atoms with Gasteiger partial charge in [-0.05, 0) is 19.8 Å². The van der Waals surface area contributed by atoms with E-state index in [0.717, 1.165) is 25.7 Å². The molecule has 3 N–H and O–H groups in total. The number of rotatable bonds is 5. The molecule has 1 fully saturated rings. The quantitative estimate of drug-likeness (QED) is 0.670.